The number of piperidine rings is 1. The van der Waals surface area contributed by atoms with Gasteiger partial charge in [0.1, 0.15) is 17.2 Å². The van der Waals surface area contributed by atoms with Crippen molar-refractivity contribution in [2.75, 3.05) is 13.1 Å². The third-order valence-corrected chi connectivity index (χ3v) is 8.09. The molecule has 2 heterocycles. The van der Waals surface area contributed by atoms with Gasteiger partial charge in [-0.15, -0.1) is 0 Å². The molecular weight excluding hydrogens is 417 g/mol. The number of nitrogens with zero attached hydrogens (tertiary/aromatic N) is 1. The molecule has 0 unspecified atom stereocenters. The van der Waals surface area contributed by atoms with E-state index in [1.807, 2.05) is 18.2 Å². The average molecular weight is 446 g/mol. The summed E-state index contributed by atoms with van der Waals surface area (Å²) in [6.07, 6.45) is 1.18. The van der Waals surface area contributed by atoms with Crippen LogP contribution in [0.2, 0.25) is 0 Å². The van der Waals surface area contributed by atoms with Crippen LogP contribution in [0.1, 0.15) is 61.5 Å². The van der Waals surface area contributed by atoms with E-state index in [0.29, 0.717) is 42.8 Å². The fourth-order valence-corrected chi connectivity index (χ4v) is 5.83. The van der Waals surface area contributed by atoms with E-state index in [0.717, 1.165) is 5.56 Å². The first-order valence-electron chi connectivity index (χ1n) is 10.6. The summed E-state index contributed by atoms with van der Waals surface area (Å²) in [6, 6.07) is 11.3. The molecule has 1 fully saturated rings. The number of halogens is 1. The lowest BCUT2D eigenvalue weighted by molar-refractivity contribution is 0.00585. The Morgan fingerprint density at radius 3 is 2.32 bits per heavy atom. The highest BCUT2D eigenvalue weighted by Gasteiger charge is 2.45. The van der Waals surface area contributed by atoms with Crippen LogP contribution in [0.25, 0.3) is 0 Å². The van der Waals surface area contributed by atoms with E-state index in [9.17, 15) is 17.6 Å². The monoisotopic (exact) mass is 445 g/mol. The highest BCUT2D eigenvalue weighted by Crippen LogP contribution is 2.41. The normalized spacial score (nSPS) is 19.2. The van der Waals surface area contributed by atoms with Crippen LogP contribution in [0.15, 0.2) is 42.5 Å². The maximum absolute atomic E-state index is 13.1. The molecule has 166 valence electrons. The zero-order chi connectivity index (χ0) is 22.4. The van der Waals surface area contributed by atoms with E-state index in [4.69, 9.17) is 4.74 Å². The maximum atomic E-state index is 13.1. The van der Waals surface area contributed by atoms with Crippen LogP contribution in [0.3, 0.4) is 0 Å². The minimum absolute atomic E-state index is 0.0509. The number of fused-ring (bicyclic) bond motifs is 1. The van der Waals surface area contributed by atoms with Crippen molar-refractivity contribution >= 4 is 15.8 Å². The van der Waals surface area contributed by atoms with Crippen molar-refractivity contribution in [1.82, 2.24) is 4.31 Å². The molecule has 0 N–H and O–H groups in total. The Balaban J connectivity index is 1.47. The molecule has 2 aromatic carbocycles. The summed E-state index contributed by atoms with van der Waals surface area (Å²) in [5.41, 5.74) is 1.53. The lowest BCUT2D eigenvalue weighted by Gasteiger charge is -2.43. The standard InChI is InChI=1S/C24H28FNO4S/c1-23(2,3)18-6-9-22-20(14-18)21(27)15-24(30-22)10-12-26(13-11-24)31(28,29)16-17-4-7-19(25)8-5-17/h4-9,14H,10-13,15-16H2,1-3H3. The van der Waals surface area contributed by atoms with Crippen molar-refractivity contribution in [3.63, 3.8) is 0 Å². The van der Waals surface area contributed by atoms with Gasteiger partial charge in [-0.2, -0.15) is 0 Å². The first kappa shape index (κ1) is 22.0. The molecule has 0 radical (unpaired) electrons. The van der Waals surface area contributed by atoms with Gasteiger partial charge >= 0.3 is 0 Å². The second-order valence-corrected chi connectivity index (χ2v) is 11.6. The minimum Gasteiger partial charge on any atom is -0.486 e. The fourth-order valence-electron chi connectivity index (χ4n) is 4.29. The molecule has 0 atom stereocenters. The van der Waals surface area contributed by atoms with Crippen molar-refractivity contribution in [2.24, 2.45) is 0 Å². The molecule has 1 spiro atoms. The highest BCUT2D eigenvalue weighted by molar-refractivity contribution is 7.88. The van der Waals surface area contributed by atoms with Gasteiger partial charge in [0.25, 0.3) is 0 Å². The van der Waals surface area contributed by atoms with E-state index in [1.165, 1.54) is 28.6 Å². The molecule has 5 nitrogen and oxygen atoms in total. The average Bonchev–Trinajstić information content (AvgIpc) is 2.69. The van der Waals surface area contributed by atoms with E-state index in [1.54, 1.807) is 0 Å². The number of ether oxygens (including phenoxy) is 1. The zero-order valence-electron chi connectivity index (χ0n) is 18.2. The van der Waals surface area contributed by atoms with Crippen LogP contribution >= 0.6 is 0 Å². The Morgan fingerprint density at radius 1 is 1.06 bits per heavy atom. The Hall–Kier alpha value is -2.25. The van der Waals surface area contributed by atoms with Crippen LogP contribution in [0, 0.1) is 5.82 Å². The van der Waals surface area contributed by atoms with E-state index in [-0.39, 0.29) is 23.4 Å². The Morgan fingerprint density at radius 2 is 1.71 bits per heavy atom. The number of Topliss-reactive ketones (excluding diaryl/α,β-unsaturated/α-hetero) is 1. The first-order chi connectivity index (χ1) is 14.5. The summed E-state index contributed by atoms with van der Waals surface area (Å²) in [6.45, 7) is 6.91. The van der Waals surface area contributed by atoms with Crippen molar-refractivity contribution in [2.45, 2.75) is 56.8 Å². The molecule has 4 rings (SSSR count). The van der Waals surface area contributed by atoms with E-state index in [2.05, 4.69) is 20.8 Å². The molecular formula is C24H28FNO4S. The molecule has 2 aliphatic rings. The van der Waals surface area contributed by atoms with Crippen molar-refractivity contribution in [3.8, 4) is 5.75 Å². The number of benzene rings is 2. The van der Waals surface area contributed by atoms with Gasteiger partial charge in [0.05, 0.1) is 17.7 Å². The molecule has 2 aromatic rings. The first-order valence-corrected chi connectivity index (χ1v) is 12.2. The van der Waals surface area contributed by atoms with E-state index >= 15 is 0 Å². The lowest BCUT2D eigenvalue weighted by atomic mass is 9.80. The molecule has 0 aromatic heterocycles. The second kappa shape index (κ2) is 7.71. The van der Waals surface area contributed by atoms with Crippen LogP contribution < -0.4 is 4.74 Å². The largest absolute Gasteiger partial charge is 0.486 e. The summed E-state index contributed by atoms with van der Waals surface area (Å²) in [7, 11) is -3.53. The summed E-state index contributed by atoms with van der Waals surface area (Å²) >= 11 is 0. The van der Waals surface area contributed by atoms with Crippen LogP contribution in [0.4, 0.5) is 4.39 Å². The summed E-state index contributed by atoms with van der Waals surface area (Å²) in [5, 5.41) is 0. The number of hydrogen-bond acceptors (Lipinski definition) is 4. The number of ketones is 1. The Bertz CT molecular complexity index is 1100. The van der Waals surface area contributed by atoms with Gasteiger partial charge in [-0.25, -0.2) is 17.1 Å². The van der Waals surface area contributed by atoms with E-state index < -0.39 is 21.4 Å². The van der Waals surface area contributed by atoms with Gasteiger partial charge in [0, 0.05) is 25.9 Å². The van der Waals surface area contributed by atoms with Crippen molar-refractivity contribution in [1.29, 1.82) is 0 Å². The van der Waals surface area contributed by atoms with Gasteiger partial charge in [-0.3, -0.25) is 4.79 Å². The van der Waals surface area contributed by atoms with Crippen LogP contribution in [-0.2, 0) is 21.2 Å². The van der Waals surface area contributed by atoms with Crippen LogP contribution in [0.5, 0.6) is 5.75 Å². The smallest absolute Gasteiger partial charge is 0.218 e. The summed E-state index contributed by atoms with van der Waals surface area (Å²) < 4.78 is 46.5. The predicted molar refractivity (Wildman–Crippen MR) is 117 cm³/mol. The number of rotatable bonds is 3. The number of carbonyl (C=O) groups excluding carboxylic acids is 1. The second-order valence-electron chi connectivity index (χ2n) is 9.63. The molecule has 7 heteroatoms. The Labute approximate surface area is 183 Å². The van der Waals surface area contributed by atoms with Crippen molar-refractivity contribution < 1.29 is 22.3 Å². The molecule has 0 bridgehead atoms. The Kier molecular flexibility index (Phi) is 5.46. The SMILES string of the molecule is CC(C)(C)c1ccc2c(c1)C(=O)CC1(CCN(S(=O)(=O)Cc3ccc(F)cc3)CC1)O2. The molecule has 0 amide bonds. The summed E-state index contributed by atoms with van der Waals surface area (Å²) in [4.78, 5) is 12.9. The number of hydrogen-bond donors (Lipinski definition) is 0. The minimum atomic E-state index is -3.53. The van der Waals surface area contributed by atoms with Gasteiger partial charge in [0.2, 0.25) is 10.0 Å². The van der Waals surface area contributed by atoms with Crippen molar-refractivity contribution in [3.05, 3.63) is 65.0 Å². The zero-order valence-corrected chi connectivity index (χ0v) is 19.0. The molecule has 31 heavy (non-hydrogen) atoms. The van der Waals surface area contributed by atoms with Gasteiger partial charge in [-0.1, -0.05) is 39.0 Å². The fraction of sp³-hybridized carbons (Fsp3) is 0.458. The third kappa shape index (κ3) is 4.53. The molecule has 2 aliphatic heterocycles. The molecule has 0 saturated carbocycles. The van der Waals surface area contributed by atoms with Gasteiger partial charge < -0.3 is 4.74 Å². The molecule has 0 aliphatic carbocycles. The predicted octanol–water partition coefficient (Wildman–Crippen LogP) is 4.45. The lowest BCUT2D eigenvalue weighted by Crippen LogP contribution is -2.52. The highest BCUT2D eigenvalue weighted by atomic mass is 32.2. The van der Waals surface area contributed by atoms with Gasteiger partial charge in [0.15, 0.2) is 5.78 Å². The number of carbonyl (C=O) groups is 1. The van der Waals surface area contributed by atoms with Crippen LogP contribution in [-0.4, -0.2) is 37.2 Å². The topological polar surface area (TPSA) is 63.7 Å². The quantitative estimate of drug-likeness (QED) is 0.700. The number of sulfonamides is 1. The molecule has 1 saturated heterocycles. The van der Waals surface area contributed by atoms with Gasteiger partial charge in [-0.05, 0) is 40.8 Å². The maximum Gasteiger partial charge on any atom is 0.218 e. The summed E-state index contributed by atoms with van der Waals surface area (Å²) in [5.74, 6) is 0.0790. The third-order valence-electron chi connectivity index (χ3n) is 6.24.